The number of benzene rings is 1. The van der Waals surface area contributed by atoms with Gasteiger partial charge in [0.05, 0.1) is 23.8 Å². The Labute approximate surface area is 117 Å². The zero-order valence-electron chi connectivity index (χ0n) is 11.6. The minimum Gasteiger partial charge on any atom is -0.396 e. The Kier molecular flexibility index (Phi) is 3.02. The number of nitrogens with zero attached hydrogens (tertiary/aromatic N) is 4. The summed E-state index contributed by atoms with van der Waals surface area (Å²) in [5.41, 5.74) is 10.7. The second-order valence-corrected chi connectivity index (χ2v) is 4.75. The highest BCUT2D eigenvalue weighted by Gasteiger charge is 2.12. The van der Waals surface area contributed by atoms with Crippen LogP contribution in [0.1, 0.15) is 12.5 Å². The fourth-order valence-corrected chi connectivity index (χ4v) is 2.21. The Hall–Kier alpha value is -2.56. The van der Waals surface area contributed by atoms with E-state index in [0.717, 1.165) is 29.1 Å². The zero-order chi connectivity index (χ0) is 14.1. The number of rotatable bonds is 3. The van der Waals surface area contributed by atoms with Crippen LogP contribution in [0.3, 0.4) is 0 Å². The Morgan fingerprint density at radius 3 is 2.70 bits per heavy atom. The molecule has 0 atom stereocenters. The third-order valence-corrected chi connectivity index (χ3v) is 3.34. The number of aromatic nitrogens is 4. The van der Waals surface area contributed by atoms with Gasteiger partial charge in [-0.15, -0.1) is 0 Å². The van der Waals surface area contributed by atoms with Gasteiger partial charge >= 0.3 is 0 Å². The Morgan fingerprint density at radius 2 is 2.00 bits per heavy atom. The van der Waals surface area contributed by atoms with Gasteiger partial charge in [0.2, 0.25) is 0 Å². The van der Waals surface area contributed by atoms with Crippen molar-refractivity contribution in [2.45, 2.75) is 20.4 Å². The topological polar surface area (TPSA) is 61.7 Å². The monoisotopic (exact) mass is 267 g/mol. The van der Waals surface area contributed by atoms with E-state index in [9.17, 15) is 0 Å². The van der Waals surface area contributed by atoms with Crippen molar-refractivity contribution in [1.82, 2.24) is 19.6 Å². The fraction of sp³-hybridized carbons (Fsp3) is 0.200. The van der Waals surface area contributed by atoms with Gasteiger partial charge < -0.3 is 5.73 Å². The third kappa shape index (κ3) is 2.07. The van der Waals surface area contributed by atoms with E-state index in [1.165, 1.54) is 0 Å². The van der Waals surface area contributed by atoms with Crippen LogP contribution in [0.5, 0.6) is 0 Å². The van der Waals surface area contributed by atoms with Crippen molar-refractivity contribution in [1.29, 1.82) is 0 Å². The summed E-state index contributed by atoms with van der Waals surface area (Å²) in [5.74, 6) is 0. The van der Waals surface area contributed by atoms with Gasteiger partial charge in [-0.2, -0.15) is 10.2 Å². The first-order chi connectivity index (χ1) is 9.69. The number of hydrogen-bond donors (Lipinski definition) is 1. The highest BCUT2D eigenvalue weighted by molar-refractivity contribution is 5.71. The molecule has 0 saturated heterocycles. The predicted octanol–water partition coefficient (Wildman–Crippen LogP) is 2.65. The van der Waals surface area contributed by atoms with Crippen molar-refractivity contribution in [2.24, 2.45) is 0 Å². The molecular formula is C15H17N5. The summed E-state index contributed by atoms with van der Waals surface area (Å²) < 4.78 is 3.69. The lowest BCUT2D eigenvalue weighted by Crippen LogP contribution is -1.97. The van der Waals surface area contributed by atoms with Crippen LogP contribution >= 0.6 is 0 Å². The molecule has 0 bridgehead atoms. The van der Waals surface area contributed by atoms with Crippen LogP contribution in [0.15, 0.2) is 42.9 Å². The van der Waals surface area contributed by atoms with Crippen molar-refractivity contribution in [3.05, 3.63) is 48.4 Å². The van der Waals surface area contributed by atoms with Gasteiger partial charge in [0, 0.05) is 18.3 Å². The molecule has 102 valence electrons. The van der Waals surface area contributed by atoms with E-state index in [0.29, 0.717) is 5.69 Å². The van der Waals surface area contributed by atoms with E-state index in [4.69, 9.17) is 5.73 Å². The maximum atomic E-state index is 6.09. The second-order valence-electron chi connectivity index (χ2n) is 4.75. The Morgan fingerprint density at radius 1 is 1.20 bits per heavy atom. The molecular weight excluding hydrogens is 250 g/mol. The molecule has 5 heteroatoms. The lowest BCUT2D eigenvalue weighted by atomic mass is 10.2. The maximum absolute atomic E-state index is 6.09. The van der Waals surface area contributed by atoms with Gasteiger partial charge in [-0.3, -0.25) is 4.68 Å². The number of nitrogens with two attached hydrogens (primary N) is 1. The van der Waals surface area contributed by atoms with Crippen molar-refractivity contribution >= 4 is 5.69 Å². The summed E-state index contributed by atoms with van der Waals surface area (Å²) >= 11 is 0. The lowest BCUT2D eigenvalue weighted by molar-refractivity contribution is 0.660. The normalized spacial score (nSPS) is 10.9. The molecule has 0 aliphatic carbocycles. The predicted molar refractivity (Wildman–Crippen MR) is 79.6 cm³/mol. The van der Waals surface area contributed by atoms with E-state index in [1.54, 1.807) is 6.20 Å². The third-order valence-electron chi connectivity index (χ3n) is 3.34. The fourth-order valence-electron chi connectivity index (χ4n) is 2.21. The van der Waals surface area contributed by atoms with Crippen molar-refractivity contribution < 1.29 is 0 Å². The maximum Gasteiger partial charge on any atom is 0.119 e. The number of hydrogen-bond acceptors (Lipinski definition) is 3. The molecule has 3 aromatic rings. The molecule has 0 aliphatic heterocycles. The highest BCUT2D eigenvalue weighted by atomic mass is 15.3. The van der Waals surface area contributed by atoms with E-state index in [1.807, 2.05) is 46.9 Å². The number of nitrogen functional groups attached to an aromatic ring is 1. The summed E-state index contributed by atoms with van der Waals surface area (Å²) in [7, 11) is 0. The smallest absolute Gasteiger partial charge is 0.119 e. The van der Waals surface area contributed by atoms with Gasteiger partial charge in [-0.25, -0.2) is 4.68 Å². The average Bonchev–Trinajstić information content (AvgIpc) is 3.05. The van der Waals surface area contributed by atoms with Crippen LogP contribution in [0.25, 0.3) is 16.9 Å². The minimum atomic E-state index is 0.656. The first-order valence-electron chi connectivity index (χ1n) is 6.63. The van der Waals surface area contributed by atoms with Gasteiger partial charge in [0.25, 0.3) is 0 Å². The second kappa shape index (κ2) is 4.85. The van der Waals surface area contributed by atoms with Crippen LogP contribution in [-0.4, -0.2) is 19.6 Å². The molecule has 0 spiro atoms. The van der Waals surface area contributed by atoms with E-state index in [-0.39, 0.29) is 0 Å². The molecule has 2 N–H and O–H groups in total. The molecule has 0 fully saturated rings. The van der Waals surface area contributed by atoms with Crippen LogP contribution in [0.4, 0.5) is 5.69 Å². The molecule has 0 unspecified atom stereocenters. The Balaban J connectivity index is 2.05. The average molecular weight is 267 g/mol. The molecule has 0 saturated carbocycles. The standard InChI is InChI=1S/C15H17N5/c1-3-19-9-12(8-17-19)15-13(16)10-20(18-15)14-7-5-4-6-11(14)2/h4-10H,3,16H2,1-2H3. The van der Waals surface area contributed by atoms with Gasteiger partial charge in [0.1, 0.15) is 5.69 Å². The van der Waals surface area contributed by atoms with Crippen LogP contribution < -0.4 is 5.73 Å². The molecule has 0 aliphatic rings. The summed E-state index contributed by atoms with van der Waals surface area (Å²) in [6.07, 6.45) is 5.60. The van der Waals surface area contributed by atoms with Crippen molar-refractivity contribution in [3.8, 4) is 16.9 Å². The first kappa shape index (κ1) is 12.5. The largest absolute Gasteiger partial charge is 0.396 e. The minimum absolute atomic E-state index is 0.656. The number of aryl methyl sites for hydroxylation is 2. The lowest BCUT2D eigenvalue weighted by Gasteiger charge is -2.04. The highest BCUT2D eigenvalue weighted by Crippen LogP contribution is 2.25. The molecule has 3 rings (SSSR count). The van der Waals surface area contributed by atoms with E-state index < -0.39 is 0 Å². The summed E-state index contributed by atoms with van der Waals surface area (Å²) in [6, 6.07) is 8.09. The summed E-state index contributed by atoms with van der Waals surface area (Å²) in [5, 5.41) is 8.86. The molecule has 0 radical (unpaired) electrons. The molecule has 5 nitrogen and oxygen atoms in total. The molecule has 0 amide bonds. The number of para-hydroxylation sites is 1. The van der Waals surface area contributed by atoms with Crippen LogP contribution in [0.2, 0.25) is 0 Å². The SMILES string of the molecule is CCn1cc(-c2nn(-c3ccccc3C)cc2N)cn1. The first-order valence-corrected chi connectivity index (χ1v) is 6.63. The van der Waals surface area contributed by atoms with Crippen molar-refractivity contribution in [3.63, 3.8) is 0 Å². The number of anilines is 1. The van der Waals surface area contributed by atoms with Gasteiger partial charge in [0.15, 0.2) is 0 Å². The molecule has 20 heavy (non-hydrogen) atoms. The summed E-state index contributed by atoms with van der Waals surface area (Å²) in [4.78, 5) is 0. The van der Waals surface area contributed by atoms with E-state index in [2.05, 4.69) is 23.2 Å². The molecule has 2 aromatic heterocycles. The Bertz CT molecular complexity index is 738. The molecule has 2 heterocycles. The quantitative estimate of drug-likeness (QED) is 0.793. The van der Waals surface area contributed by atoms with Crippen molar-refractivity contribution in [2.75, 3.05) is 5.73 Å². The zero-order valence-corrected chi connectivity index (χ0v) is 11.6. The van der Waals surface area contributed by atoms with Gasteiger partial charge in [-0.1, -0.05) is 18.2 Å². The molecule has 1 aromatic carbocycles. The van der Waals surface area contributed by atoms with Crippen LogP contribution in [-0.2, 0) is 6.54 Å². The van der Waals surface area contributed by atoms with Crippen LogP contribution in [0, 0.1) is 6.92 Å². The van der Waals surface area contributed by atoms with E-state index >= 15 is 0 Å². The summed E-state index contributed by atoms with van der Waals surface area (Å²) in [6.45, 7) is 4.94. The van der Waals surface area contributed by atoms with Gasteiger partial charge in [-0.05, 0) is 25.5 Å².